The first-order valence-corrected chi connectivity index (χ1v) is 6.64. The number of rotatable bonds is 5. The van der Waals surface area contributed by atoms with Gasteiger partial charge in [-0.05, 0) is 25.2 Å². The minimum atomic E-state index is -0.0513. The summed E-state index contributed by atoms with van der Waals surface area (Å²) in [7, 11) is 1.81. The lowest BCUT2D eigenvalue weighted by atomic mass is 10.0. The molecule has 0 aromatic carbocycles. The average Bonchev–Trinajstić information content (AvgIpc) is 2.96. The van der Waals surface area contributed by atoms with Crippen LogP contribution in [0.5, 0.6) is 0 Å². The molecular formula is C13H25NO2. The van der Waals surface area contributed by atoms with Crippen LogP contribution in [-0.4, -0.2) is 38.5 Å². The van der Waals surface area contributed by atoms with Crippen LogP contribution >= 0.6 is 0 Å². The Morgan fingerprint density at radius 3 is 2.88 bits per heavy atom. The molecule has 1 saturated heterocycles. The minimum absolute atomic E-state index is 0.0513. The average molecular weight is 227 g/mol. The number of ether oxygens (including phenoxy) is 2. The minimum Gasteiger partial charge on any atom is -0.378 e. The van der Waals surface area contributed by atoms with Gasteiger partial charge in [0.2, 0.25) is 0 Å². The highest BCUT2D eigenvalue weighted by Crippen LogP contribution is 2.29. The van der Waals surface area contributed by atoms with E-state index >= 15 is 0 Å². The second-order valence-electron chi connectivity index (χ2n) is 5.35. The summed E-state index contributed by atoms with van der Waals surface area (Å²) in [6.45, 7) is 4.84. The first kappa shape index (κ1) is 12.3. The summed E-state index contributed by atoms with van der Waals surface area (Å²) in [4.78, 5) is 0. The van der Waals surface area contributed by atoms with Crippen molar-refractivity contribution >= 4 is 0 Å². The molecule has 1 saturated carbocycles. The van der Waals surface area contributed by atoms with Gasteiger partial charge in [0.1, 0.15) is 5.60 Å². The molecule has 0 bridgehead atoms. The fourth-order valence-electron chi connectivity index (χ4n) is 2.92. The van der Waals surface area contributed by atoms with E-state index in [1.54, 1.807) is 7.11 Å². The highest BCUT2D eigenvalue weighted by Gasteiger charge is 2.35. The summed E-state index contributed by atoms with van der Waals surface area (Å²) in [5.74, 6) is 0.941. The topological polar surface area (TPSA) is 30.5 Å². The lowest BCUT2D eigenvalue weighted by Crippen LogP contribution is -2.45. The molecule has 94 valence electrons. The highest BCUT2D eigenvalue weighted by molar-refractivity contribution is 4.90. The van der Waals surface area contributed by atoms with E-state index in [9.17, 15) is 0 Å². The number of methoxy groups -OCH3 is 1. The molecular weight excluding hydrogens is 202 g/mol. The van der Waals surface area contributed by atoms with E-state index in [1.165, 1.54) is 25.7 Å². The Labute approximate surface area is 98.9 Å². The predicted molar refractivity (Wildman–Crippen MR) is 64.6 cm³/mol. The van der Waals surface area contributed by atoms with E-state index in [0.29, 0.717) is 6.04 Å². The molecule has 2 fully saturated rings. The molecule has 2 rings (SSSR count). The number of nitrogens with one attached hydrogen (secondary N) is 1. The normalized spacial score (nSPS) is 39.4. The Morgan fingerprint density at radius 1 is 1.44 bits per heavy atom. The summed E-state index contributed by atoms with van der Waals surface area (Å²) in [6, 6.07) is 0.706. The third-order valence-electron chi connectivity index (χ3n) is 4.33. The zero-order valence-electron chi connectivity index (χ0n) is 10.6. The second kappa shape index (κ2) is 5.48. The fraction of sp³-hybridized carbons (Fsp3) is 1.00. The lowest BCUT2D eigenvalue weighted by molar-refractivity contribution is -0.0174. The van der Waals surface area contributed by atoms with Crippen LogP contribution < -0.4 is 5.32 Å². The molecule has 3 atom stereocenters. The maximum absolute atomic E-state index is 5.62. The van der Waals surface area contributed by atoms with Crippen LogP contribution in [0.25, 0.3) is 0 Å². The maximum Gasteiger partial charge on any atom is 0.106 e. The molecule has 0 radical (unpaired) electrons. The molecule has 1 heterocycles. The van der Waals surface area contributed by atoms with Crippen molar-refractivity contribution in [1.82, 2.24) is 5.32 Å². The van der Waals surface area contributed by atoms with Crippen molar-refractivity contribution in [2.24, 2.45) is 5.92 Å². The summed E-state index contributed by atoms with van der Waals surface area (Å²) in [5.41, 5.74) is -0.0513. The molecule has 2 aliphatic rings. The Morgan fingerprint density at radius 2 is 2.31 bits per heavy atom. The standard InChI is InChI=1S/C13H25NO2/c1-3-11-4-5-12(8-11)14-9-13(15-2)6-7-16-10-13/h11-12,14H,3-10H2,1-2H3. The van der Waals surface area contributed by atoms with Crippen molar-refractivity contribution in [3.63, 3.8) is 0 Å². The predicted octanol–water partition coefficient (Wildman–Crippen LogP) is 1.96. The molecule has 0 spiro atoms. The fourth-order valence-corrected chi connectivity index (χ4v) is 2.92. The van der Waals surface area contributed by atoms with Crippen molar-refractivity contribution in [3.05, 3.63) is 0 Å². The first-order valence-electron chi connectivity index (χ1n) is 6.64. The maximum atomic E-state index is 5.62. The Balaban J connectivity index is 1.74. The largest absolute Gasteiger partial charge is 0.378 e. The van der Waals surface area contributed by atoms with Gasteiger partial charge in [-0.15, -0.1) is 0 Å². The molecule has 3 heteroatoms. The number of hydrogen-bond donors (Lipinski definition) is 1. The van der Waals surface area contributed by atoms with Gasteiger partial charge in [-0.1, -0.05) is 13.3 Å². The van der Waals surface area contributed by atoms with Crippen molar-refractivity contribution in [3.8, 4) is 0 Å². The Bertz CT molecular complexity index is 214. The molecule has 1 N–H and O–H groups in total. The molecule has 0 aromatic heterocycles. The summed E-state index contributed by atoms with van der Waals surface area (Å²) < 4.78 is 11.1. The Hall–Kier alpha value is -0.120. The molecule has 1 aliphatic heterocycles. The van der Waals surface area contributed by atoms with Crippen LogP contribution in [0.4, 0.5) is 0 Å². The third kappa shape index (κ3) is 2.76. The molecule has 0 aromatic rings. The zero-order valence-corrected chi connectivity index (χ0v) is 10.6. The van der Waals surface area contributed by atoms with Crippen LogP contribution in [0, 0.1) is 5.92 Å². The number of hydrogen-bond acceptors (Lipinski definition) is 3. The zero-order chi connectivity index (χ0) is 11.4. The van der Waals surface area contributed by atoms with Gasteiger partial charge in [0, 0.05) is 32.7 Å². The first-order chi connectivity index (χ1) is 7.78. The van der Waals surface area contributed by atoms with E-state index in [4.69, 9.17) is 9.47 Å². The molecule has 16 heavy (non-hydrogen) atoms. The Kier molecular flexibility index (Phi) is 4.22. The van der Waals surface area contributed by atoms with Crippen LogP contribution in [0.1, 0.15) is 39.0 Å². The van der Waals surface area contributed by atoms with Gasteiger partial charge in [-0.3, -0.25) is 0 Å². The third-order valence-corrected chi connectivity index (χ3v) is 4.33. The van der Waals surface area contributed by atoms with Gasteiger partial charge >= 0.3 is 0 Å². The molecule has 3 unspecified atom stereocenters. The lowest BCUT2D eigenvalue weighted by Gasteiger charge is -2.28. The van der Waals surface area contributed by atoms with Gasteiger partial charge in [-0.2, -0.15) is 0 Å². The van der Waals surface area contributed by atoms with Crippen molar-refractivity contribution in [1.29, 1.82) is 0 Å². The van der Waals surface area contributed by atoms with Crippen LogP contribution in [0.15, 0.2) is 0 Å². The second-order valence-corrected chi connectivity index (χ2v) is 5.35. The van der Waals surface area contributed by atoms with E-state index in [0.717, 1.165) is 32.1 Å². The van der Waals surface area contributed by atoms with Crippen molar-refractivity contribution in [2.45, 2.75) is 50.7 Å². The summed E-state index contributed by atoms with van der Waals surface area (Å²) >= 11 is 0. The van der Waals surface area contributed by atoms with Crippen LogP contribution in [0.2, 0.25) is 0 Å². The smallest absolute Gasteiger partial charge is 0.106 e. The molecule has 1 aliphatic carbocycles. The van der Waals surface area contributed by atoms with E-state index < -0.39 is 0 Å². The van der Waals surface area contributed by atoms with Gasteiger partial charge in [-0.25, -0.2) is 0 Å². The van der Waals surface area contributed by atoms with Crippen molar-refractivity contribution in [2.75, 3.05) is 26.9 Å². The quantitative estimate of drug-likeness (QED) is 0.779. The van der Waals surface area contributed by atoms with Gasteiger partial charge in [0.25, 0.3) is 0 Å². The van der Waals surface area contributed by atoms with E-state index in [1.807, 2.05) is 0 Å². The van der Waals surface area contributed by atoms with Gasteiger partial charge in [0.15, 0.2) is 0 Å². The van der Waals surface area contributed by atoms with Crippen LogP contribution in [-0.2, 0) is 9.47 Å². The molecule has 0 amide bonds. The summed E-state index contributed by atoms with van der Waals surface area (Å²) in [5, 5.41) is 3.67. The SMILES string of the molecule is CCC1CCC(NCC2(OC)CCOC2)C1. The van der Waals surface area contributed by atoms with Gasteiger partial charge in [0.05, 0.1) is 6.61 Å². The van der Waals surface area contributed by atoms with Gasteiger partial charge < -0.3 is 14.8 Å². The molecule has 3 nitrogen and oxygen atoms in total. The summed E-state index contributed by atoms with van der Waals surface area (Å²) in [6.07, 6.45) is 6.43. The van der Waals surface area contributed by atoms with Crippen LogP contribution in [0.3, 0.4) is 0 Å². The highest BCUT2D eigenvalue weighted by atomic mass is 16.5. The van der Waals surface area contributed by atoms with Crippen molar-refractivity contribution < 1.29 is 9.47 Å². The monoisotopic (exact) mass is 227 g/mol. The van der Waals surface area contributed by atoms with E-state index in [-0.39, 0.29) is 5.60 Å². The van der Waals surface area contributed by atoms with E-state index in [2.05, 4.69) is 12.2 Å².